The van der Waals surface area contributed by atoms with Gasteiger partial charge in [-0.1, -0.05) is 0 Å². The predicted octanol–water partition coefficient (Wildman–Crippen LogP) is 0.155. The van der Waals surface area contributed by atoms with Crippen molar-refractivity contribution in [1.29, 1.82) is 0 Å². The van der Waals surface area contributed by atoms with E-state index < -0.39 is 12.0 Å². The standard InChI is InChI=1S/C9H15N3O2/c1-12-5-7(11-6-12)3-2-4-8(10)9(13)14/h5-6,8H,2-4,10H2,1H3,(H,13,14)/t8-/m1/s1. The van der Waals surface area contributed by atoms with Crippen LogP contribution in [0.1, 0.15) is 18.5 Å². The summed E-state index contributed by atoms with van der Waals surface area (Å²) in [6.07, 6.45) is 5.68. The summed E-state index contributed by atoms with van der Waals surface area (Å²) < 4.78 is 1.87. The van der Waals surface area contributed by atoms with Crippen LogP contribution in [0.3, 0.4) is 0 Å². The van der Waals surface area contributed by atoms with Gasteiger partial charge in [-0.3, -0.25) is 4.79 Å². The van der Waals surface area contributed by atoms with Crippen LogP contribution >= 0.6 is 0 Å². The number of imidazole rings is 1. The van der Waals surface area contributed by atoms with Crippen LogP contribution in [-0.4, -0.2) is 26.7 Å². The van der Waals surface area contributed by atoms with Crippen LogP contribution in [-0.2, 0) is 18.3 Å². The number of carbonyl (C=O) groups is 1. The molecule has 0 amide bonds. The maximum absolute atomic E-state index is 10.4. The van der Waals surface area contributed by atoms with E-state index in [2.05, 4.69) is 4.98 Å². The lowest BCUT2D eigenvalue weighted by Crippen LogP contribution is -2.29. The first-order valence-corrected chi connectivity index (χ1v) is 4.55. The van der Waals surface area contributed by atoms with E-state index in [1.165, 1.54) is 0 Å². The van der Waals surface area contributed by atoms with Gasteiger partial charge >= 0.3 is 5.97 Å². The Kier molecular flexibility index (Phi) is 3.64. The van der Waals surface area contributed by atoms with Crippen molar-refractivity contribution >= 4 is 5.97 Å². The Bertz CT molecular complexity index is 309. The summed E-state index contributed by atoms with van der Waals surface area (Å²) in [5, 5.41) is 8.54. The van der Waals surface area contributed by atoms with E-state index in [9.17, 15) is 4.79 Å². The molecule has 0 aromatic carbocycles. The van der Waals surface area contributed by atoms with Crippen molar-refractivity contribution in [3.8, 4) is 0 Å². The fourth-order valence-corrected chi connectivity index (χ4v) is 1.22. The van der Waals surface area contributed by atoms with Crippen LogP contribution in [0.2, 0.25) is 0 Å². The number of carboxylic acids is 1. The average molecular weight is 197 g/mol. The van der Waals surface area contributed by atoms with Crippen molar-refractivity contribution in [2.75, 3.05) is 0 Å². The van der Waals surface area contributed by atoms with Gasteiger partial charge in [-0.25, -0.2) is 4.98 Å². The summed E-state index contributed by atoms with van der Waals surface area (Å²) in [5.41, 5.74) is 6.34. The molecule has 78 valence electrons. The van der Waals surface area contributed by atoms with Crippen molar-refractivity contribution in [2.24, 2.45) is 12.8 Å². The van der Waals surface area contributed by atoms with E-state index in [1.807, 2.05) is 17.8 Å². The van der Waals surface area contributed by atoms with Gasteiger partial charge in [0.15, 0.2) is 0 Å². The van der Waals surface area contributed by atoms with Crippen molar-refractivity contribution in [3.63, 3.8) is 0 Å². The lowest BCUT2D eigenvalue weighted by molar-refractivity contribution is -0.138. The second-order valence-electron chi connectivity index (χ2n) is 3.37. The first kappa shape index (κ1) is 10.7. The Morgan fingerprint density at radius 2 is 2.50 bits per heavy atom. The summed E-state index contributed by atoms with van der Waals surface area (Å²) >= 11 is 0. The highest BCUT2D eigenvalue weighted by Gasteiger charge is 2.10. The summed E-state index contributed by atoms with van der Waals surface area (Å²) in [6.45, 7) is 0. The van der Waals surface area contributed by atoms with Crippen molar-refractivity contribution in [3.05, 3.63) is 18.2 Å². The zero-order valence-electron chi connectivity index (χ0n) is 8.18. The quantitative estimate of drug-likeness (QED) is 0.704. The molecule has 1 heterocycles. The number of nitrogens with zero attached hydrogens (tertiary/aromatic N) is 2. The molecule has 1 rings (SSSR count). The number of aliphatic carboxylic acids is 1. The molecule has 0 saturated carbocycles. The third-order valence-corrected chi connectivity index (χ3v) is 2.02. The third kappa shape index (κ3) is 3.18. The van der Waals surface area contributed by atoms with Crippen LogP contribution in [0.4, 0.5) is 0 Å². The lowest BCUT2D eigenvalue weighted by atomic mass is 10.1. The minimum atomic E-state index is -0.939. The predicted molar refractivity (Wildman–Crippen MR) is 51.8 cm³/mol. The summed E-state index contributed by atoms with van der Waals surface area (Å²) in [7, 11) is 1.90. The number of aromatic nitrogens is 2. The number of rotatable bonds is 5. The van der Waals surface area contributed by atoms with E-state index in [-0.39, 0.29) is 0 Å². The SMILES string of the molecule is Cn1cnc(CCC[C@@H](N)C(=O)O)c1. The van der Waals surface area contributed by atoms with E-state index in [4.69, 9.17) is 10.8 Å². The Hall–Kier alpha value is -1.36. The molecule has 1 atom stereocenters. The van der Waals surface area contributed by atoms with E-state index in [0.717, 1.165) is 18.5 Å². The fourth-order valence-electron chi connectivity index (χ4n) is 1.22. The first-order valence-electron chi connectivity index (χ1n) is 4.55. The highest BCUT2D eigenvalue weighted by atomic mass is 16.4. The second kappa shape index (κ2) is 4.76. The second-order valence-corrected chi connectivity index (χ2v) is 3.37. The van der Waals surface area contributed by atoms with E-state index >= 15 is 0 Å². The van der Waals surface area contributed by atoms with E-state index in [1.54, 1.807) is 6.33 Å². The normalized spacial score (nSPS) is 12.7. The van der Waals surface area contributed by atoms with Gasteiger partial charge in [-0.05, 0) is 19.3 Å². The number of hydrogen-bond donors (Lipinski definition) is 2. The van der Waals surface area contributed by atoms with E-state index in [0.29, 0.717) is 6.42 Å². The molecule has 5 nitrogen and oxygen atoms in total. The van der Waals surface area contributed by atoms with Crippen molar-refractivity contribution in [2.45, 2.75) is 25.3 Å². The van der Waals surface area contributed by atoms with Gasteiger partial charge in [0.2, 0.25) is 0 Å². The molecular formula is C9H15N3O2. The monoisotopic (exact) mass is 197 g/mol. The van der Waals surface area contributed by atoms with Crippen molar-refractivity contribution < 1.29 is 9.90 Å². The molecule has 0 aliphatic heterocycles. The molecule has 0 aliphatic rings. The fraction of sp³-hybridized carbons (Fsp3) is 0.556. The van der Waals surface area contributed by atoms with Crippen LogP contribution in [0.5, 0.6) is 0 Å². The van der Waals surface area contributed by atoms with Crippen LogP contribution in [0.25, 0.3) is 0 Å². The number of aryl methyl sites for hydroxylation is 2. The summed E-state index contributed by atoms with van der Waals surface area (Å²) in [4.78, 5) is 14.5. The van der Waals surface area contributed by atoms with Crippen LogP contribution in [0, 0.1) is 0 Å². The highest BCUT2D eigenvalue weighted by Crippen LogP contribution is 2.03. The molecule has 14 heavy (non-hydrogen) atoms. The van der Waals surface area contributed by atoms with Gasteiger partial charge in [0.25, 0.3) is 0 Å². The Balaban J connectivity index is 2.25. The lowest BCUT2D eigenvalue weighted by Gasteiger charge is -2.03. The molecule has 0 fully saturated rings. The topological polar surface area (TPSA) is 81.1 Å². The molecule has 0 spiro atoms. The largest absolute Gasteiger partial charge is 0.480 e. The molecule has 0 aliphatic carbocycles. The van der Waals surface area contributed by atoms with Gasteiger partial charge in [-0.15, -0.1) is 0 Å². The van der Waals surface area contributed by atoms with Gasteiger partial charge < -0.3 is 15.4 Å². The molecule has 3 N–H and O–H groups in total. The first-order chi connectivity index (χ1) is 6.59. The smallest absolute Gasteiger partial charge is 0.320 e. The van der Waals surface area contributed by atoms with Crippen LogP contribution < -0.4 is 5.73 Å². The molecule has 0 bridgehead atoms. The van der Waals surface area contributed by atoms with Gasteiger partial charge in [0.1, 0.15) is 6.04 Å². The number of hydrogen-bond acceptors (Lipinski definition) is 3. The molecular weight excluding hydrogens is 182 g/mol. The van der Waals surface area contributed by atoms with Gasteiger partial charge in [-0.2, -0.15) is 0 Å². The van der Waals surface area contributed by atoms with Gasteiger partial charge in [0, 0.05) is 13.2 Å². The molecule has 1 aromatic heterocycles. The zero-order chi connectivity index (χ0) is 10.6. The minimum absolute atomic E-state index is 0.492. The molecule has 0 unspecified atom stereocenters. The summed E-state index contributed by atoms with van der Waals surface area (Å²) in [6, 6.07) is -0.751. The Morgan fingerprint density at radius 3 is 3.00 bits per heavy atom. The van der Waals surface area contributed by atoms with Crippen molar-refractivity contribution in [1.82, 2.24) is 9.55 Å². The van der Waals surface area contributed by atoms with Gasteiger partial charge in [0.05, 0.1) is 12.0 Å². The highest BCUT2D eigenvalue weighted by molar-refractivity contribution is 5.72. The van der Waals surface area contributed by atoms with Crippen LogP contribution in [0.15, 0.2) is 12.5 Å². The number of carboxylic acid groups (broad SMARTS) is 1. The molecule has 0 saturated heterocycles. The Labute approximate surface area is 82.6 Å². The zero-order valence-corrected chi connectivity index (χ0v) is 8.18. The molecule has 5 heteroatoms. The maximum atomic E-state index is 10.4. The third-order valence-electron chi connectivity index (χ3n) is 2.02. The molecule has 0 radical (unpaired) electrons. The average Bonchev–Trinajstić information content (AvgIpc) is 2.51. The maximum Gasteiger partial charge on any atom is 0.320 e. The minimum Gasteiger partial charge on any atom is -0.480 e. The summed E-state index contributed by atoms with van der Waals surface area (Å²) in [5.74, 6) is -0.939. The molecule has 1 aromatic rings. The Morgan fingerprint density at radius 1 is 1.79 bits per heavy atom. The number of nitrogens with two attached hydrogens (primary N) is 1.